The van der Waals surface area contributed by atoms with Gasteiger partial charge in [0.05, 0.1) is 6.54 Å². The molecule has 4 heteroatoms. The summed E-state index contributed by atoms with van der Waals surface area (Å²) in [6.45, 7) is 0.423. The highest BCUT2D eigenvalue weighted by Gasteiger charge is 2.12. The van der Waals surface area contributed by atoms with Crippen molar-refractivity contribution < 1.29 is 4.79 Å². The summed E-state index contributed by atoms with van der Waals surface area (Å²) in [5.74, 6) is 2.17. The van der Waals surface area contributed by atoms with Crippen LogP contribution >= 0.6 is 0 Å². The third kappa shape index (κ3) is 3.44. The van der Waals surface area contributed by atoms with Gasteiger partial charge in [-0.25, -0.2) is 0 Å². The Labute approximate surface area is 146 Å². The second kappa shape index (κ2) is 7.21. The maximum Gasteiger partial charge on any atom is 0.266 e. The number of rotatable bonds is 4. The first kappa shape index (κ1) is 16.1. The predicted octanol–water partition coefficient (Wildman–Crippen LogP) is 3.82. The molecule has 0 atom stereocenters. The molecule has 0 radical (unpaired) electrons. The Hall–Kier alpha value is -3.76. The van der Waals surface area contributed by atoms with Crippen LogP contribution in [-0.2, 0) is 11.3 Å². The lowest BCUT2D eigenvalue weighted by molar-refractivity contribution is -0.112. The molecule has 1 N–H and O–H groups in total. The molecule has 0 aliphatic rings. The molecule has 1 heterocycles. The number of anilines is 1. The molecular weight excluding hydrogens is 310 g/mol. The third-order valence-electron chi connectivity index (χ3n) is 3.78. The summed E-state index contributed by atoms with van der Waals surface area (Å²) in [7, 11) is 0. The number of carbonyl (C=O) groups excluding carboxylic acids is 1. The summed E-state index contributed by atoms with van der Waals surface area (Å²) in [6.07, 6.45) is 8.87. The Morgan fingerprint density at radius 1 is 1.16 bits per heavy atom. The lowest BCUT2D eigenvalue weighted by atomic mass is 10.1. The summed E-state index contributed by atoms with van der Waals surface area (Å²) in [5.41, 5.74) is 2.42. The van der Waals surface area contributed by atoms with Crippen LogP contribution in [0.5, 0.6) is 0 Å². The maximum atomic E-state index is 12.4. The van der Waals surface area contributed by atoms with Gasteiger partial charge < -0.3 is 9.88 Å². The number of nitrogens with zero attached hydrogens (tertiary/aromatic N) is 2. The second-order valence-electron chi connectivity index (χ2n) is 5.42. The summed E-state index contributed by atoms with van der Waals surface area (Å²) in [4.78, 5) is 12.4. The van der Waals surface area contributed by atoms with Crippen LogP contribution in [0.15, 0.2) is 66.4 Å². The van der Waals surface area contributed by atoms with Crippen molar-refractivity contribution in [2.75, 3.05) is 5.32 Å². The van der Waals surface area contributed by atoms with E-state index in [9.17, 15) is 10.1 Å². The van der Waals surface area contributed by atoms with Gasteiger partial charge in [-0.15, -0.1) is 6.42 Å². The molecule has 4 nitrogen and oxygen atoms in total. The predicted molar refractivity (Wildman–Crippen MR) is 99.4 cm³/mol. The molecular formula is C21H15N3O. The number of nitrogens with one attached hydrogen (secondary N) is 1. The van der Waals surface area contributed by atoms with Crippen molar-refractivity contribution in [3.63, 3.8) is 0 Å². The summed E-state index contributed by atoms with van der Waals surface area (Å²) in [6, 6.07) is 18.8. The maximum absolute atomic E-state index is 12.4. The van der Waals surface area contributed by atoms with Crippen LogP contribution < -0.4 is 5.32 Å². The van der Waals surface area contributed by atoms with Crippen molar-refractivity contribution in [1.29, 1.82) is 5.26 Å². The number of aromatic nitrogens is 1. The smallest absolute Gasteiger partial charge is 0.266 e. The van der Waals surface area contributed by atoms with Crippen LogP contribution in [0.3, 0.4) is 0 Å². The Kier molecular flexibility index (Phi) is 4.65. The number of para-hydroxylation sites is 2. The van der Waals surface area contributed by atoms with Gasteiger partial charge in [-0.3, -0.25) is 4.79 Å². The zero-order chi connectivity index (χ0) is 17.6. The highest BCUT2D eigenvalue weighted by molar-refractivity contribution is 6.10. The van der Waals surface area contributed by atoms with E-state index in [0.29, 0.717) is 12.2 Å². The third-order valence-corrected chi connectivity index (χ3v) is 3.78. The first-order valence-electron chi connectivity index (χ1n) is 7.72. The van der Waals surface area contributed by atoms with Gasteiger partial charge in [0, 0.05) is 28.4 Å². The van der Waals surface area contributed by atoms with Crippen molar-refractivity contribution in [3.05, 3.63) is 71.9 Å². The average molecular weight is 325 g/mol. The van der Waals surface area contributed by atoms with Crippen LogP contribution in [0.4, 0.5) is 5.69 Å². The molecule has 3 aromatic rings. The minimum absolute atomic E-state index is 0.0347. The zero-order valence-electron chi connectivity index (χ0n) is 13.4. The molecule has 2 aromatic carbocycles. The van der Waals surface area contributed by atoms with Crippen LogP contribution in [0.25, 0.3) is 17.0 Å². The summed E-state index contributed by atoms with van der Waals surface area (Å²) < 4.78 is 1.92. The van der Waals surface area contributed by atoms with Crippen molar-refractivity contribution >= 4 is 28.6 Å². The Morgan fingerprint density at radius 3 is 2.60 bits per heavy atom. The molecule has 0 saturated carbocycles. The van der Waals surface area contributed by atoms with E-state index in [2.05, 4.69) is 11.2 Å². The van der Waals surface area contributed by atoms with Crippen molar-refractivity contribution in [2.45, 2.75) is 6.54 Å². The van der Waals surface area contributed by atoms with E-state index in [-0.39, 0.29) is 5.57 Å². The van der Waals surface area contributed by atoms with Gasteiger partial charge in [0.2, 0.25) is 0 Å². The SMILES string of the molecule is C#CCn1cc(C=C(C#N)C(=O)Nc2ccccc2)c2ccccc21. The molecule has 120 valence electrons. The quantitative estimate of drug-likeness (QED) is 0.450. The van der Waals surface area contributed by atoms with Crippen molar-refractivity contribution in [1.82, 2.24) is 4.57 Å². The van der Waals surface area contributed by atoms with E-state index in [0.717, 1.165) is 16.5 Å². The highest BCUT2D eigenvalue weighted by Crippen LogP contribution is 2.23. The second-order valence-corrected chi connectivity index (χ2v) is 5.42. The van der Waals surface area contributed by atoms with Gasteiger partial charge in [0.1, 0.15) is 11.6 Å². The lowest BCUT2D eigenvalue weighted by Gasteiger charge is -2.03. The van der Waals surface area contributed by atoms with Crippen LogP contribution in [0, 0.1) is 23.7 Å². The summed E-state index contributed by atoms with van der Waals surface area (Å²) in [5, 5.41) is 13.1. The van der Waals surface area contributed by atoms with Crippen LogP contribution in [0.1, 0.15) is 5.56 Å². The number of fused-ring (bicyclic) bond motifs is 1. The van der Waals surface area contributed by atoms with Gasteiger partial charge in [-0.1, -0.05) is 42.3 Å². The number of hydrogen-bond donors (Lipinski definition) is 1. The number of hydrogen-bond acceptors (Lipinski definition) is 2. The van der Waals surface area contributed by atoms with Crippen LogP contribution in [0.2, 0.25) is 0 Å². The molecule has 0 bridgehead atoms. The van der Waals surface area contributed by atoms with E-state index in [1.807, 2.05) is 59.3 Å². The number of benzene rings is 2. The minimum atomic E-state index is -0.442. The van der Waals surface area contributed by atoms with E-state index in [4.69, 9.17) is 6.42 Å². The fourth-order valence-electron chi connectivity index (χ4n) is 2.64. The number of amides is 1. The Balaban J connectivity index is 1.98. The molecule has 25 heavy (non-hydrogen) atoms. The zero-order valence-corrected chi connectivity index (χ0v) is 13.4. The highest BCUT2D eigenvalue weighted by atomic mass is 16.1. The van der Waals surface area contributed by atoms with Crippen molar-refractivity contribution in [3.8, 4) is 18.4 Å². The fourth-order valence-corrected chi connectivity index (χ4v) is 2.64. The average Bonchev–Trinajstić information content (AvgIpc) is 2.98. The van der Waals surface area contributed by atoms with E-state index >= 15 is 0 Å². The number of carbonyl (C=O) groups is 1. The van der Waals surface area contributed by atoms with E-state index < -0.39 is 5.91 Å². The first-order valence-corrected chi connectivity index (χ1v) is 7.72. The van der Waals surface area contributed by atoms with Gasteiger partial charge in [0.25, 0.3) is 5.91 Å². The van der Waals surface area contributed by atoms with Gasteiger partial charge >= 0.3 is 0 Å². The Bertz CT molecular complexity index is 1030. The fraction of sp³-hybridized carbons (Fsp3) is 0.0476. The molecule has 0 aliphatic heterocycles. The van der Waals surface area contributed by atoms with Gasteiger partial charge in [0.15, 0.2) is 0 Å². The van der Waals surface area contributed by atoms with Crippen LogP contribution in [-0.4, -0.2) is 10.5 Å². The van der Waals surface area contributed by atoms with Gasteiger partial charge in [-0.2, -0.15) is 5.26 Å². The first-order chi connectivity index (χ1) is 12.2. The number of nitriles is 1. The molecule has 0 unspecified atom stereocenters. The van der Waals surface area contributed by atoms with E-state index in [1.54, 1.807) is 18.2 Å². The summed E-state index contributed by atoms with van der Waals surface area (Å²) >= 11 is 0. The lowest BCUT2D eigenvalue weighted by Crippen LogP contribution is -2.13. The van der Waals surface area contributed by atoms with Crippen molar-refractivity contribution in [2.24, 2.45) is 0 Å². The molecule has 3 rings (SSSR count). The standard InChI is InChI=1S/C21H15N3O/c1-2-12-24-15-17(19-10-6-7-11-20(19)24)13-16(14-22)21(25)23-18-8-4-3-5-9-18/h1,3-11,13,15H,12H2,(H,23,25). The Morgan fingerprint density at radius 2 is 1.88 bits per heavy atom. The van der Waals surface area contributed by atoms with E-state index in [1.165, 1.54) is 0 Å². The van der Waals surface area contributed by atoms with Gasteiger partial charge in [-0.05, 0) is 24.3 Å². The minimum Gasteiger partial charge on any atom is -0.335 e. The molecule has 0 fully saturated rings. The molecule has 0 spiro atoms. The normalized spacial score (nSPS) is 10.9. The number of terminal acetylenes is 1. The molecule has 0 aliphatic carbocycles. The largest absolute Gasteiger partial charge is 0.335 e. The molecule has 1 amide bonds. The molecule has 1 aromatic heterocycles. The monoisotopic (exact) mass is 325 g/mol. The topological polar surface area (TPSA) is 57.8 Å². The molecule has 0 saturated heterocycles.